The SMILES string of the molecule is CCOC(=O)/C=C(\c1ccccc1)c1cccc(C(F)(F)F)c1. The number of carbonyl (C=O) groups excluding carboxylic acids is 1. The lowest BCUT2D eigenvalue weighted by Crippen LogP contribution is -2.06. The minimum Gasteiger partial charge on any atom is -0.463 e. The van der Waals surface area contributed by atoms with Gasteiger partial charge in [0.2, 0.25) is 0 Å². The largest absolute Gasteiger partial charge is 0.463 e. The van der Waals surface area contributed by atoms with Gasteiger partial charge in [0.15, 0.2) is 0 Å². The number of hydrogen-bond donors (Lipinski definition) is 0. The first-order chi connectivity index (χ1) is 10.9. The van der Waals surface area contributed by atoms with Crippen LogP contribution in [0.15, 0.2) is 60.7 Å². The van der Waals surface area contributed by atoms with Gasteiger partial charge in [-0.2, -0.15) is 13.2 Å². The predicted octanol–water partition coefficient (Wildman–Crippen LogP) is 4.70. The van der Waals surface area contributed by atoms with Gasteiger partial charge in [-0.3, -0.25) is 0 Å². The molecule has 2 rings (SSSR count). The van der Waals surface area contributed by atoms with E-state index in [1.165, 1.54) is 18.2 Å². The summed E-state index contributed by atoms with van der Waals surface area (Å²) in [4.78, 5) is 11.8. The fourth-order valence-corrected chi connectivity index (χ4v) is 2.12. The highest BCUT2D eigenvalue weighted by atomic mass is 19.4. The second-order valence-corrected chi connectivity index (χ2v) is 4.75. The number of ether oxygens (including phenoxy) is 1. The molecule has 2 nitrogen and oxygen atoms in total. The average Bonchev–Trinajstić information content (AvgIpc) is 2.53. The van der Waals surface area contributed by atoms with Gasteiger partial charge >= 0.3 is 12.1 Å². The second-order valence-electron chi connectivity index (χ2n) is 4.75. The van der Waals surface area contributed by atoms with Crippen molar-refractivity contribution in [3.63, 3.8) is 0 Å². The summed E-state index contributed by atoms with van der Waals surface area (Å²) in [7, 11) is 0. The van der Waals surface area contributed by atoms with Gasteiger partial charge in [-0.25, -0.2) is 4.79 Å². The highest BCUT2D eigenvalue weighted by molar-refractivity contribution is 5.96. The van der Waals surface area contributed by atoms with Crippen LogP contribution >= 0.6 is 0 Å². The number of alkyl halides is 3. The monoisotopic (exact) mass is 320 g/mol. The summed E-state index contributed by atoms with van der Waals surface area (Å²) in [6.45, 7) is 1.86. The van der Waals surface area contributed by atoms with Crippen LogP contribution in [0.5, 0.6) is 0 Å². The Morgan fingerprint density at radius 2 is 1.70 bits per heavy atom. The minimum absolute atomic E-state index is 0.194. The molecule has 0 amide bonds. The maximum Gasteiger partial charge on any atom is 0.416 e. The molecule has 23 heavy (non-hydrogen) atoms. The maximum absolute atomic E-state index is 12.9. The second kappa shape index (κ2) is 7.13. The Morgan fingerprint density at radius 1 is 1.04 bits per heavy atom. The molecule has 0 aliphatic heterocycles. The lowest BCUT2D eigenvalue weighted by molar-refractivity contribution is -0.138. The van der Waals surface area contributed by atoms with Crippen molar-refractivity contribution in [3.8, 4) is 0 Å². The van der Waals surface area contributed by atoms with Gasteiger partial charge in [0.1, 0.15) is 0 Å². The summed E-state index contributed by atoms with van der Waals surface area (Å²) < 4.78 is 43.6. The molecule has 0 radical (unpaired) electrons. The van der Waals surface area contributed by atoms with E-state index in [9.17, 15) is 18.0 Å². The number of carbonyl (C=O) groups is 1. The highest BCUT2D eigenvalue weighted by Gasteiger charge is 2.30. The molecule has 0 aromatic heterocycles. The highest BCUT2D eigenvalue weighted by Crippen LogP contribution is 2.32. The van der Waals surface area contributed by atoms with Crippen LogP contribution in [0.1, 0.15) is 23.6 Å². The zero-order valence-electron chi connectivity index (χ0n) is 12.4. The van der Waals surface area contributed by atoms with Crippen molar-refractivity contribution in [2.45, 2.75) is 13.1 Å². The molecule has 0 unspecified atom stereocenters. The minimum atomic E-state index is -4.44. The van der Waals surface area contributed by atoms with Gasteiger partial charge in [-0.15, -0.1) is 0 Å². The maximum atomic E-state index is 12.9. The van der Waals surface area contributed by atoms with Crippen LogP contribution < -0.4 is 0 Å². The van der Waals surface area contributed by atoms with E-state index in [0.29, 0.717) is 16.7 Å². The van der Waals surface area contributed by atoms with Gasteiger partial charge in [0, 0.05) is 6.08 Å². The third kappa shape index (κ3) is 4.45. The van der Waals surface area contributed by atoms with Gasteiger partial charge in [0.25, 0.3) is 0 Å². The van der Waals surface area contributed by atoms with Crippen LogP contribution in [0.25, 0.3) is 5.57 Å². The summed E-state index contributed by atoms with van der Waals surface area (Å²) in [6, 6.07) is 13.6. The van der Waals surface area contributed by atoms with E-state index in [2.05, 4.69) is 0 Å². The van der Waals surface area contributed by atoms with Crippen molar-refractivity contribution in [2.24, 2.45) is 0 Å². The van der Waals surface area contributed by atoms with Crippen molar-refractivity contribution in [2.75, 3.05) is 6.61 Å². The third-order valence-corrected chi connectivity index (χ3v) is 3.13. The zero-order valence-corrected chi connectivity index (χ0v) is 12.4. The smallest absolute Gasteiger partial charge is 0.416 e. The lowest BCUT2D eigenvalue weighted by atomic mass is 9.96. The van der Waals surface area contributed by atoms with Crippen molar-refractivity contribution in [3.05, 3.63) is 77.4 Å². The van der Waals surface area contributed by atoms with Crippen molar-refractivity contribution in [1.82, 2.24) is 0 Å². The molecule has 0 aliphatic rings. The van der Waals surface area contributed by atoms with Crippen molar-refractivity contribution >= 4 is 11.5 Å². The van der Waals surface area contributed by atoms with Crippen LogP contribution in [0.3, 0.4) is 0 Å². The number of rotatable bonds is 4. The average molecular weight is 320 g/mol. The Labute approximate surface area is 132 Å². The van der Waals surface area contributed by atoms with Crippen LogP contribution in [-0.4, -0.2) is 12.6 Å². The molecule has 0 fully saturated rings. The van der Waals surface area contributed by atoms with E-state index in [-0.39, 0.29) is 6.61 Å². The molecule has 0 aliphatic carbocycles. The van der Waals surface area contributed by atoms with Crippen molar-refractivity contribution in [1.29, 1.82) is 0 Å². The molecule has 0 N–H and O–H groups in total. The Balaban J connectivity index is 2.53. The molecule has 2 aromatic carbocycles. The van der Waals surface area contributed by atoms with E-state index in [4.69, 9.17) is 4.74 Å². The Kier molecular flexibility index (Phi) is 5.21. The third-order valence-electron chi connectivity index (χ3n) is 3.13. The number of benzene rings is 2. The summed E-state index contributed by atoms with van der Waals surface area (Å²) in [5, 5.41) is 0. The molecule has 0 heterocycles. The van der Waals surface area contributed by atoms with Crippen molar-refractivity contribution < 1.29 is 22.7 Å². The van der Waals surface area contributed by atoms with E-state index >= 15 is 0 Å². The van der Waals surface area contributed by atoms with E-state index < -0.39 is 17.7 Å². The molecule has 0 spiro atoms. The number of esters is 1. The first-order valence-corrected chi connectivity index (χ1v) is 7.03. The lowest BCUT2D eigenvalue weighted by Gasteiger charge is -2.12. The summed E-state index contributed by atoms with van der Waals surface area (Å²) in [6.07, 6.45) is -3.23. The molecule has 5 heteroatoms. The predicted molar refractivity (Wildman–Crippen MR) is 81.6 cm³/mol. The van der Waals surface area contributed by atoms with E-state index in [0.717, 1.165) is 12.1 Å². The Bertz CT molecular complexity index is 704. The molecule has 0 saturated carbocycles. The molecule has 120 valence electrons. The molecule has 2 aromatic rings. The molecular formula is C18H15F3O2. The van der Waals surface area contributed by atoms with Gasteiger partial charge in [-0.1, -0.05) is 42.5 Å². The first kappa shape index (κ1) is 16.8. The molecule has 0 atom stereocenters. The van der Waals surface area contributed by atoms with Gasteiger partial charge in [0.05, 0.1) is 12.2 Å². The zero-order chi connectivity index (χ0) is 16.9. The number of halogens is 3. The molecule has 0 bridgehead atoms. The van der Waals surface area contributed by atoms with Crippen LogP contribution in [0, 0.1) is 0 Å². The molecule has 0 saturated heterocycles. The Hall–Kier alpha value is -2.56. The first-order valence-electron chi connectivity index (χ1n) is 7.03. The standard InChI is InChI=1S/C18H15F3O2/c1-2-23-17(22)12-16(13-7-4-3-5-8-13)14-9-6-10-15(11-14)18(19,20)21/h3-12H,2H2,1H3/b16-12+. The normalized spacial score (nSPS) is 12.1. The molecular weight excluding hydrogens is 305 g/mol. The van der Waals surface area contributed by atoms with E-state index in [1.807, 2.05) is 0 Å². The summed E-state index contributed by atoms with van der Waals surface area (Å²) in [5.41, 5.74) is 0.565. The van der Waals surface area contributed by atoms with E-state index in [1.54, 1.807) is 37.3 Å². The topological polar surface area (TPSA) is 26.3 Å². The van der Waals surface area contributed by atoms with Gasteiger partial charge in [-0.05, 0) is 35.8 Å². The Morgan fingerprint density at radius 3 is 2.30 bits per heavy atom. The quantitative estimate of drug-likeness (QED) is 0.603. The fraction of sp³-hybridized carbons (Fsp3) is 0.167. The van der Waals surface area contributed by atoms with Gasteiger partial charge < -0.3 is 4.74 Å². The van der Waals surface area contributed by atoms with Crippen LogP contribution in [0.2, 0.25) is 0 Å². The van der Waals surface area contributed by atoms with Crippen LogP contribution in [0.4, 0.5) is 13.2 Å². The summed E-state index contributed by atoms with van der Waals surface area (Å²) >= 11 is 0. The summed E-state index contributed by atoms with van der Waals surface area (Å²) in [5.74, 6) is -0.594. The fourth-order valence-electron chi connectivity index (χ4n) is 2.12. The van der Waals surface area contributed by atoms with Crippen LogP contribution in [-0.2, 0) is 15.7 Å². The number of hydrogen-bond acceptors (Lipinski definition) is 2.